The van der Waals surface area contributed by atoms with Crippen molar-refractivity contribution in [2.75, 3.05) is 6.61 Å². The summed E-state index contributed by atoms with van der Waals surface area (Å²) in [6.07, 6.45) is -7.04. The van der Waals surface area contributed by atoms with Crippen LogP contribution in [0.3, 0.4) is 0 Å². The third-order valence-electron chi connectivity index (χ3n) is 1.87. The van der Waals surface area contributed by atoms with Gasteiger partial charge in [0.2, 0.25) is 0 Å². The van der Waals surface area contributed by atoms with Gasteiger partial charge in [-0.3, -0.25) is 0 Å². The van der Waals surface area contributed by atoms with Crippen molar-refractivity contribution in [1.82, 2.24) is 0 Å². The summed E-state index contributed by atoms with van der Waals surface area (Å²) < 4.78 is 4.58. The third-order valence-corrected chi connectivity index (χ3v) is 1.87. The highest BCUT2D eigenvalue weighted by atomic mass is 16.6. The van der Waals surface area contributed by atoms with E-state index in [1.54, 1.807) is 0 Å². The second-order valence-corrected chi connectivity index (χ2v) is 2.72. The molecule has 12 heavy (non-hydrogen) atoms. The van der Waals surface area contributed by atoms with E-state index in [2.05, 4.69) is 4.74 Å². The molecule has 1 fully saturated rings. The van der Waals surface area contributed by atoms with Gasteiger partial charge < -0.3 is 30.3 Å². The molecule has 0 aromatic rings. The molecule has 0 aromatic heterocycles. The van der Waals surface area contributed by atoms with Gasteiger partial charge in [-0.1, -0.05) is 0 Å². The summed E-state index contributed by atoms with van der Waals surface area (Å²) in [6, 6.07) is 0. The van der Waals surface area contributed by atoms with E-state index < -0.39 is 37.3 Å². The van der Waals surface area contributed by atoms with Crippen LogP contribution in [0.1, 0.15) is 0 Å². The summed E-state index contributed by atoms with van der Waals surface area (Å²) in [4.78, 5) is 0. The van der Waals surface area contributed by atoms with Crippen LogP contribution in [0.5, 0.6) is 0 Å². The zero-order valence-electron chi connectivity index (χ0n) is 6.24. The van der Waals surface area contributed by atoms with Crippen LogP contribution >= 0.6 is 0 Å². The molecule has 1 aliphatic heterocycles. The normalized spacial score (nSPS) is 49.2. The van der Waals surface area contributed by atoms with Gasteiger partial charge in [0.05, 0.1) is 6.61 Å². The first-order valence-corrected chi connectivity index (χ1v) is 3.56. The molecule has 1 aliphatic rings. The molecule has 5 atom stereocenters. The molecule has 6 nitrogen and oxygen atoms in total. The quantitative estimate of drug-likeness (QED) is 0.290. The Labute approximate surface area is 68.6 Å². The first kappa shape index (κ1) is 9.85. The fraction of sp³-hybridized carbons (Fsp3) is 1.00. The fourth-order valence-corrected chi connectivity index (χ4v) is 1.08. The van der Waals surface area contributed by atoms with Gasteiger partial charge in [-0.05, 0) is 0 Å². The second kappa shape index (κ2) is 3.65. The maximum Gasteiger partial charge on any atom is 0.184 e. The maximum atomic E-state index is 9.12. The van der Waals surface area contributed by atoms with E-state index >= 15 is 0 Å². The lowest BCUT2D eigenvalue weighted by Crippen LogP contribution is -2.58. The molecule has 0 aromatic carbocycles. The van der Waals surface area contributed by atoms with E-state index in [-0.39, 0.29) is 0 Å². The Morgan fingerprint density at radius 2 is 1.50 bits per heavy atom. The minimum atomic E-state index is -1.57. The van der Waals surface area contributed by atoms with Gasteiger partial charge in [-0.2, -0.15) is 0 Å². The SMILES string of the molecule is OCC1OC(O)C(O)[C@@H](O)[C@@H]1O. The molecule has 0 spiro atoms. The van der Waals surface area contributed by atoms with Crippen molar-refractivity contribution in [3.05, 3.63) is 0 Å². The van der Waals surface area contributed by atoms with Crippen LogP contribution in [0.2, 0.25) is 0 Å². The lowest BCUT2D eigenvalue weighted by Gasteiger charge is -2.37. The molecular formula is C6H12O6. The lowest BCUT2D eigenvalue weighted by atomic mass is 10.00. The lowest BCUT2D eigenvalue weighted by molar-refractivity contribution is -0.286. The van der Waals surface area contributed by atoms with Crippen molar-refractivity contribution in [2.45, 2.75) is 30.7 Å². The molecule has 0 amide bonds. The van der Waals surface area contributed by atoms with Gasteiger partial charge in [0, 0.05) is 0 Å². The smallest absolute Gasteiger partial charge is 0.184 e. The van der Waals surface area contributed by atoms with E-state index in [1.165, 1.54) is 0 Å². The summed E-state index contributed by atoms with van der Waals surface area (Å²) in [6.45, 7) is -0.526. The van der Waals surface area contributed by atoms with Crippen LogP contribution in [-0.4, -0.2) is 62.8 Å². The van der Waals surface area contributed by atoms with E-state index in [0.717, 1.165) is 0 Å². The number of rotatable bonds is 1. The van der Waals surface area contributed by atoms with E-state index in [4.69, 9.17) is 25.5 Å². The molecule has 6 heteroatoms. The molecule has 72 valence electrons. The van der Waals surface area contributed by atoms with Crippen molar-refractivity contribution in [2.24, 2.45) is 0 Å². The predicted molar refractivity (Wildman–Crippen MR) is 36.0 cm³/mol. The highest BCUT2D eigenvalue weighted by Gasteiger charge is 2.42. The first-order chi connectivity index (χ1) is 5.57. The van der Waals surface area contributed by atoms with E-state index in [1.807, 2.05) is 0 Å². The number of aliphatic hydroxyl groups is 5. The molecule has 0 bridgehead atoms. The monoisotopic (exact) mass is 180 g/mol. The second-order valence-electron chi connectivity index (χ2n) is 2.72. The summed E-state index contributed by atoms with van der Waals surface area (Å²) in [7, 11) is 0. The van der Waals surface area contributed by atoms with Crippen molar-refractivity contribution in [3.63, 3.8) is 0 Å². The van der Waals surface area contributed by atoms with Gasteiger partial charge in [-0.15, -0.1) is 0 Å². The number of hydrogen-bond donors (Lipinski definition) is 5. The highest BCUT2D eigenvalue weighted by Crippen LogP contribution is 2.18. The van der Waals surface area contributed by atoms with Crippen LogP contribution in [0, 0.1) is 0 Å². The zero-order valence-corrected chi connectivity index (χ0v) is 6.24. The Hall–Kier alpha value is -0.240. The Bertz CT molecular complexity index is 146. The summed E-state index contributed by atoms with van der Waals surface area (Å²) in [5, 5.41) is 44.7. The average Bonchev–Trinajstić information content (AvgIpc) is 2.08. The van der Waals surface area contributed by atoms with Crippen LogP contribution in [0.15, 0.2) is 0 Å². The molecule has 0 saturated carbocycles. The van der Waals surface area contributed by atoms with Gasteiger partial charge in [-0.25, -0.2) is 0 Å². The largest absolute Gasteiger partial charge is 0.394 e. The Morgan fingerprint density at radius 1 is 0.917 bits per heavy atom. The molecule has 0 radical (unpaired) electrons. The third kappa shape index (κ3) is 1.58. The summed E-state index contributed by atoms with van der Waals surface area (Å²) in [5.41, 5.74) is 0. The Kier molecular flexibility index (Phi) is 2.99. The van der Waals surface area contributed by atoms with Crippen molar-refractivity contribution in [3.8, 4) is 0 Å². The zero-order chi connectivity index (χ0) is 9.30. The van der Waals surface area contributed by atoms with Gasteiger partial charge in [0.1, 0.15) is 24.4 Å². The molecule has 1 saturated heterocycles. The topological polar surface area (TPSA) is 110 Å². The molecule has 1 heterocycles. The molecule has 5 N–H and O–H groups in total. The molecular weight excluding hydrogens is 168 g/mol. The fourth-order valence-electron chi connectivity index (χ4n) is 1.08. The number of ether oxygens (including phenoxy) is 1. The molecule has 1 rings (SSSR count). The van der Waals surface area contributed by atoms with Crippen molar-refractivity contribution >= 4 is 0 Å². The van der Waals surface area contributed by atoms with Crippen LogP contribution in [0.25, 0.3) is 0 Å². The average molecular weight is 180 g/mol. The first-order valence-electron chi connectivity index (χ1n) is 3.56. The Morgan fingerprint density at radius 3 is 2.00 bits per heavy atom. The van der Waals surface area contributed by atoms with Gasteiger partial charge in [0.15, 0.2) is 6.29 Å². The summed E-state index contributed by atoms with van der Waals surface area (Å²) >= 11 is 0. The van der Waals surface area contributed by atoms with Crippen LogP contribution < -0.4 is 0 Å². The molecule has 3 unspecified atom stereocenters. The van der Waals surface area contributed by atoms with E-state index in [0.29, 0.717) is 0 Å². The Balaban J connectivity index is 2.63. The predicted octanol–water partition coefficient (Wildman–Crippen LogP) is -3.22. The highest BCUT2D eigenvalue weighted by molar-refractivity contribution is 4.87. The minimum absolute atomic E-state index is 0.526. The van der Waals surface area contributed by atoms with Gasteiger partial charge >= 0.3 is 0 Å². The maximum absolute atomic E-state index is 9.12. The van der Waals surface area contributed by atoms with Gasteiger partial charge in [0.25, 0.3) is 0 Å². The van der Waals surface area contributed by atoms with Crippen molar-refractivity contribution in [1.29, 1.82) is 0 Å². The van der Waals surface area contributed by atoms with Crippen LogP contribution in [-0.2, 0) is 4.74 Å². The van der Waals surface area contributed by atoms with Crippen molar-refractivity contribution < 1.29 is 30.3 Å². The summed E-state index contributed by atoms with van der Waals surface area (Å²) in [5.74, 6) is 0. The standard InChI is InChI=1S/C6H12O6/c7-1-2-3(8)4(9)5(10)6(11)12-2/h2-11H,1H2/t2?,3-,4+,5?,6?/m1/s1. The van der Waals surface area contributed by atoms with Crippen LogP contribution in [0.4, 0.5) is 0 Å². The van der Waals surface area contributed by atoms with E-state index in [9.17, 15) is 0 Å². The molecule has 0 aliphatic carbocycles. The number of hydrogen-bond acceptors (Lipinski definition) is 6. The minimum Gasteiger partial charge on any atom is -0.394 e. The number of aliphatic hydroxyl groups excluding tert-OH is 5.